The number of amides is 1. The van der Waals surface area contributed by atoms with Crippen LogP contribution in [0.3, 0.4) is 0 Å². The van der Waals surface area contributed by atoms with E-state index in [-0.39, 0.29) is 17.1 Å². The minimum Gasteiger partial charge on any atom is -0.467 e. The van der Waals surface area contributed by atoms with Gasteiger partial charge in [-0.05, 0) is 43.0 Å². The molecule has 0 aliphatic carbocycles. The van der Waals surface area contributed by atoms with Gasteiger partial charge in [0.05, 0.1) is 28.9 Å². The maximum absolute atomic E-state index is 12.6. The number of nitro groups is 1. The number of carbonyl (C=O) groups is 2. The highest BCUT2D eigenvalue weighted by molar-refractivity contribution is 5.96. The lowest BCUT2D eigenvalue weighted by molar-refractivity contribution is -0.386. The van der Waals surface area contributed by atoms with Gasteiger partial charge in [0.15, 0.2) is 6.61 Å². The van der Waals surface area contributed by atoms with Gasteiger partial charge in [0.25, 0.3) is 11.6 Å². The van der Waals surface area contributed by atoms with E-state index in [9.17, 15) is 25.0 Å². The minimum absolute atomic E-state index is 0.0388. The fourth-order valence-corrected chi connectivity index (χ4v) is 3.71. The highest BCUT2D eigenvalue weighted by atomic mass is 16.6. The molecule has 1 amide bonds. The average molecular weight is 479 g/mol. The predicted octanol–water partition coefficient (Wildman–Crippen LogP) is 4.62. The molecular weight excluding hydrogens is 452 g/mol. The summed E-state index contributed by atoms with van der Waals surface area (Å²) in [5.41, 5.74) is 1.52. The Morgan fingerprint density at radius 3 is 2.54 bits per heavy atom. The average Bonchev–Trinajstić information content (AvgIpc) is 3.39. The second-order valence-electron chi connectivity index (χ2n) is 9.07. The Morgan fingerprint density at radius 1 is 1.26 bits per heavy atom. The number of nitrogens with one attached hydrogen (secondary N) is 1. The van der Waals surface area contributed by atoms with Gasteiger partial charge in [0, 0.05) is 17.3 Å². The zero-order valence-electron chi connectivity index (χ0n) is 20.2. The summed E-state index contributed by atoms with van der Waals surface area (Å²) in [7, 11) is 0. The summed E-state index contributed by atoms with van der Waals surface area (Å²) >= 11 is 0. The van der Waals surface area contributed by atoms with Gasteiger partial charge in [0.1, 0.15) is 17.6 Å². The third-order valence-electron chi connectivity index (χ3n) is 5.67. The van der Waals surface area contributed by atoms with E-state index in [0.29, 0.717) is 29.0 Å². The Balaban J connectivity index is 1.76. The molecule has 0 aliphatic rings. The van der Waals surface area contributed by atoms with Crippen molar-refractivity contribution < 1.29 is 23.7 Å². The molecule has 10 heteroatoms. The van der Waals surface area contributed by atoms with Crippen molar-refractivity contribution in [3.63, 3.8) is 0 Å². The third-order valence-corrected chi connectivity index (χ3v) is 5.67. The number of furan rings is 1. The van der Waals surface area contributed by atoms with Crippen molar-refractivity contribution in [2.75, 3.05) is 11.9 Å². The predicted molar refractivity (Wildman–Crippen MR) is 127 cm³/mol. The van der Waals surface area contributed by atoms with Crippen LogP contribution in [0.15, 0.2) is 41.0 Å². The van der Waals surface area contributed by atoms with Gasteiger partial charge in [-0.25, -0.2) is 4.79 Å². The Kier molecular flexibility index (Phi) is 7.10. The van der Waals surface area contributed by atoms with Crippen LogP contribution >= 0.6 is 0 Å². The van der Waals surface area contributed by atoms with Crippen LogP contribution in [0, 0.1) is 35.3 Å². The van der Waals surface area contributed by atoms with Crippen LogP contribution < -0.4 is 5.32 Å². The van der Waals surface area contributed by atoms with Crippen LogP contribution in [-0.2, 0) is 21.5 Å². The van der Waals surface area contributed by atoms with Crippen molar-refractivity contribution in [1.29, 1.82) is 5.26 Å². The van der Waals surface area contributed by atoms with Gasteiger partial charge in [-0.2, -0.15) is 5.26 Å². The lowest BCUT2D eigenvalue weighted by atomic mass is 9.85. The van der Waals surface area contributed by atoms with Crippen molar-refractivity contribution in [3.05, 3.63) is 80.4 Å². The van der Waals surface area contributed by atoms with Crippen molar-refractivity contribution in [2.24, 2.45) is 0 Å². The van der Waals surface area contributed by atoms with Crippen molar-refractivity contribution in [2.45, 2.75) is 46.6 Å². The van der Waals surface area contributed by atoms with Gasteiger partial charge >= 0.3 is 5.97 Å². The number of hydrogen-bond acceptors (Lipinski definition) is 7. The first kappa shape index (κ1) is 25.2. The van der Waals surface area contributed by atoms with E-state index in [1.165, 1.54) is 18.4 Å². The number of nitro benzene ring substituents is 1. The molecule has 0 bridgehead atoms. The molecule has 182 valence electrons. The Hall–Kier alpha value is -4.39. The minimum atomic E-state index is -0.873. The molecule has 0 saturated carbocycles. The van der Waals surface area contributed by atoms with Crippen LogP contribution in [0.4, 0.5) is 11.5 Å². The molecule has 0 saturated heterocycles. The van der Waals surface area contributed by atoms with Gasteiger partial charge in [-0.15, -0.1) is 0 Å². The fraction of sp³-hybridized carbons (Fsp3) is 0.320. The molecule has 0 aliphatic heterocycles. The molecule has 3 rings (SSSR count). The van der Waals surface area contributed by atoms with Crippen LogP contribution in [0.2, 0.25) is 0 Å². The van der Waals surface area contributed by atoms with Crippen molar-refractivity contribution >= 4 is 23.4 Å². The van der Waals surface area contributed by atoms with Crippen LogP contribution in [0.25, 0.3) is 0 Å². The Morgan fingerprint density at radius 2 is 1.97 bits per heavy atom. The molecule has 1 N–H and O–H groups in total. The van der Waals surface area contributed by atoms with Crippen LogP contribution in [0.5, 0.6) is 0 Å². The summed E-state index contributed by atoms with van der Waals surface area (Å²) in [5, 5.41) is 23.8. The number of hydrogen-bond donors (Lipinski definition) is 1. The zero-order chi connectivity index (χ0) is 25.9. The molecule has 0 radical (unpaired) electrons. The van der Waals surface area contributed by atoms with Crippen LogP contribution in [0.1, 0.15) is 59.3 Å². The Labute approximate surface area is 202 Å². The maximum Gasteiger partial charge on any atom is 0.338 e. The monoisotopic (exact) mass is 478 g/mol. The van der Waals surface area contributed by atoms with Gasteiger partial charge in [-0.3, -0.25) is 14.9 Å². The van der Waals surface area contributed by atoms with E-state index in [1.807, 2.05) is 27.7 Å². The normalized spacial score (nSPS) is 11.1. The number of anilines is 1. The van der Waals surface area contributed by atoms with E-state index in [4.69, 9.17) is 9.15 Å². The second-order valence-corrected chi connectivity index (χ2v) is 9.07. The smallest absolute Gasteiger partial charge is 0.338 e. The number of aromatic nitrogens is 1. The highest BCUT2D eigenvalue weighted by Crippen LogP contribution is 2.32. The molecule has 2 heterocycles. The van der Waals surface area contributed by atoms with E-state index in [0.717, 1.165) is 11.8 Å². The number of carbonyl (C=O) groups excluding carboxylic acids is 2. The molecule has 0 atom stereocenters. The number of ether oxygens (including phenoxy) is 1. The number of nitriles is 1. The molecule has 1 aromatic carbocycles. The maximum atomic E-state index is 12.6. The van der Waals surface area contributed by atoms with Crippen molar-refractivity contribution in [1.82, 2.24) is 4.57 Å². The van der Waals surface area contributed by atoms with Crippen molar-refractivity contribution in [3.8, 4) is 6.07 Å². The SMILES string of the molecule is Cc1c(C#N)c(NC(=O)COC(=O)c2ccc(C(C)(C)C)c([N+](=O)[O-])c2)n(Cc2ccco2)c1C. The number of esters is 1. The molecule has 0 spiro atoms. The topological polar surface area (TPSA) is 140 Å². The molecular formula is C25H26N4O6. The fourth-order valence-electron chi connectivity index (χ4n) is 3.71. The summed E-state index contributed by atoms with van der Waals surface area (Å²) < 4.78 is 12.2. The molecule has 2 aromatic heterocycles. The van der Waals surface area contributed by atoms with Gasteiger partial charge in [0.2, 0.25) is 0 Å². The first-order chi connectivity index (χ1) is 16.4. The highest BCUT2D eigenvalue weighted by Gasteiger charge is 2.27. The Bertz CT molecular complexity index is 1320. The number of benzene rings is 1. The first-order valence-electron chi connectivity index (χ1n) is 10.8. The lowest BCUT2D eigenvalue weighted by Crippen LogP contribution is -2.23. The lowest BCUT2D eigenvalue weighted by Gasteiger charge is -2.19. The first-order valence-corrected chi connectivity index (χ1v) is 10.8. The van der Waals surface area contributed by atoms with Crippen LogP contribution in [-0.4, -0.2) is 28.0 Å². The number of rotatable bonds is 7. The molecule has 3 aromatic rings. The van der Waals surface area contributed by atoms with Gasteiger partial charge in [-0.1, -0.05) is 26.8 Å². The summed E-state index contributed by atoms with van der Waals surface area (Å²) in [6.45, 7) is 8.75. The number of nitrogens with zero attached hydrogens (tertiary/aromatic N) is 3. The molecule has 35 heavy (non-hydrogen) atoms. The molecule has 10 nitrogen and oxygen atoms in total. The van der Waals surface area contributed by atoms with E-state index in [2.05, 4.69) is 11.4 Å². The summed E-state index contributed by atoms with van der Waals surface area (Å²) in [6.07, 6.45) is 1.53. The second kappa shape index (κ2) is 9.85. The van der Waals surface area contributed by atoms with E-state index in [1.54, 1.807) is 23.6 Å². The third kappa shape index (κ3) is 5.41. The van der Waals surface area contributed by atoms with E-state index >= 15 is 0 Å². The summed E-state index contributed by atoms with van der Waals surface area (Å²) in [5.74, 6) is -0.628. The quantitative estimate of drug-likeness (QED) is 0.297. The zero-order valence-corrected chi connectivity index (χ0v) is 20.2. The summed E-state index contributed by atoms with van der Waals surface area (Å²) in [6, 6.07) is 9.71. The largest absolute Gasteiger partial charge is 0.467 e. The van der Waals surface area contributed by atoms with Gasteiger partial charge < -0.3 is 19.0 Å². The molecule has 0 fully saturated rings. The summed E-state index contributed by atoms with van der Waals surface area (Å²) in [4.78, 5) is 36.1. The van der Waals surface area contributed by atoms with E-state index < -0.39 is 28.8 Å². The standard InChI is InChI=1S/C25H26N4O6/c1-15-16(2)28(13-18-7-6-10-34-18)23(19(15)12-26)27-22(30)14-35-24(31)17-8-9-20(25(3,4)5)21(11-17)29(32)33/h6-11H,13-14H2,1-5H3,(H,27,30). The molecule has 0 unspecified atom stereocenters.